The van der Waals surface area contributed by atoms with E-state index in [1.165, 1.54) is 0 Å². The molecule has 0 aliphatic carbocycles. The first-order valence-corrected chi connectivity index (χ1v) is 6.42. The Labute approximate surface area is 113 Å². The summed E-state index contributed by atoms with van der Waals surface area (Å²) in [4.78, 5) is 0. The number of para-hydroxylation sites is 2. The molecular weight excluding hydrogens is 240 g/mol. The Morgan fingerprint density at radius 3 is 2.05 bits per heavy atom. The molecule has 2 rings (SSSR count). The van der Waals surface area contributed by atoms with Crippen molar-refractivity contribution in [3.05, 3.63) is 60.7 Å². The standard InChI is InChI=1S/C16H18O3/c17-16(19-15-10-5-2-6-11-15)12-7-13-18-14-8-3-1-4-9-14/h1-6,8-11,16-17H,7,12-13H2. The van der Waals surface area contributed by atoms with Crippen LogP contribution in [0.4, 0.5) is 0 Å². The second-order valence-corrected chi connectivity index (χ2v) is 4.19. The maximum atomic E-state index is 9.72. The molecule has 0 aliphatic heterocycles. The molecule has 3 nitrogen and oxygen atoms in total. The highest BCUT2D eigenvalue weighted by atomic mass is 16.6. The number of ether oxygens (including phenoxy) is 2. The molecule has 0 spiro atoms. The van der Waals surface area contributed by atoms with Gasteiger partial charge in [-0.2, -0.15) is 0 Å². The third-order valence-corrected chi connectivity index (χ3v) is 2.62. The van der Waals surface area contributed by atoms with Crippen LogP contribution in [0.2, 0.25) is 0 Å². The van der Waals surface area contributed by atoms with Gasteiger partial charge in [-0.1, -0.05) is 36.4 Å². The summed E-state index contributed by atoms with van der Waals surface area (Å²) in [6.07, 6.45) is 0.492. The zero-order valence-electron chi connectivity index (χ0n) is 10.7. The van der Waals surface area contributed by atoms with Crippen molar-refractivity contribution < 1.29 is 14.6 Å². The number of rotatable bonds is 7. The number of aliphatic hydroxyl groups is 1. The van der Waals surface area contributed by atoms with Gasteiger partial charge in [0, 0.05) is 6.42 Å². The van der Waals surface area contributed by atoms with E-state index in [-0.39, 0.29) is 0 Å². The van der Waals surface area contributed by atoms with Crippen LogP contribution in [0, 0.1) is 0 Å². The van der Waals surface area contributed by atoms with E-state index in [2.05, 4.69) is 0 Å². The van der Waals surface area contributed by atoms with Crippen LogP contribution in [0.25, 0.3) is 0 Å². The highest BCUT2D eigenvalue weighted by Crippen LogP contribution is 2.13. The van der Waals surface area contributed by atoms with Gasteiger partial charge in [-0.25, -0.2) is 0 Å². The summed E-state index contributed by atoms with van der Waals surface area (Å²) in [7, 11) is 0. The maximum Gasteiger partial charge on any atom is 0.197 e. The third kappa shape index (κ3) is 5.02. The molecule has 1 unspecified atom stereocenters. The van der Waals surface area contributed by atoms with Gasteiger partial charge in [-0.3, -0.25) is 0 Å². The number of aliphatic hydroxyl groups excluding tert-OH is 1. The lowest BCUT2D eigenvalue weighted by Crippen LogP contribution is -2.16. The Hall–Kier alpha value is -2.00. The molecule has 1 N–H and O–H groups in total. The molecule has 0 saturated heterocycles. The molecule has 19 heavy (non-hydrogen) atoms. The minimum absolute atomic E-state index is 0.543. The van der Waals surface area contributed by atoms with E-state index in [0.29, 0.717) is 18.8 Å². The monoisotopic (exact) mass is 258 g/mol. The fraction of sp³-hybridized carbons (Fsp3) is 0.250. The van der Waals surface area contributed by atoms with Crippen LogP contribution in [0.3, 0.4) is 0 Å². The highest BCUT2D eigenvalue weighted by molar-refractivity contribution is 5.21. The van der Waals surface area contributed by atoms with Gasteiger partial charge in [0.05, 0.1) is 6.61 Å². The van der Waals surface area contributed by atoms with Crippen LogP contribution in [0.15, 0.2) is 60.7 Å². The minimum Gasteiger partial charge on any atom is -0.494 e. The van der Waals surface area contributed by atoms with Crippen LogP contribution < -0.4 is 9.47 Å². The lowest BCUT2D eigenvalue weighted by Gasteiger charge is -2.13. The molecule has 0 radical (unpaired) electrons. The van der Waals surface area contributed by atoms with Crippen molar-refractivity contribution >= 4 is 0 Å². The normalized spacial score (nSPS) is 11.8. The molecule has 0 aromatic heterocycles. The predicted octanol–water partition coefficient (Wildman–Crippen LogP) is 3.24. The Morgan fingerprint density at radius 2 is 1.42 bits per heavy atom. The van der Waals surface area contributed by atoms with E-state index in [1.807, 2.05) is 60.7 Å². The SMILES string of the molecule is OC(CCCOc1ccccc1)Oc1ccccc1. The zero-order valence-corrected chi connectivity index (χ0v) is 10.7. The largest absolute Gasteiger partial charge is 0.494 e. The second kappa shape index (κ2) is 7.44. The zero-order chi connectivity index (χ0) is 13.3. The first-order chi connectivity index (χ1) is 9.34. The topological polar surface area (TPSA) is 38.7 Å². The van der Waals surface area contributed by atoms with E-state index >= 15 is 0 Å². The maximum absolute atomic E-state index is 9.72. The molecule has 100 valence electrons. The summed E-state index contributed by atoms with van der Waals surface area (Å²) in [5.41, 5.74) is 0. The van der Waals surface area contributed by atoms with Crippen molar-refractivity contribution in [1.82, 2.24) is 0 Å². The minimum atomic E-state index is -0.790. The van der Waals surface area contributed by atoms with Crippen LogP contribution in [-0.4, -0.2) is 18.0 Å². The van der Waals surface area contributed by atoms with Crippen LogP contribution in [0.1, 0.15) is 12.8 Å². The first-order valence-electron chi connectivity index (χ1n) is 6.42. The fourth-order valence-electron chi connectivity index (χ4n) is 1.68. The van der Waals surface area contributed by atoms with Gasteiger partial charge in [-0.15, -0.1) is 0 Å². The molecule has 2 aromatic carbocycles. The smallest absolute Gasteiger partial charge is 0.197 e. The average molecular weight is 258 g/mol. The summed E-state index contributed by atoms with van der Waals surface area (Å²) in [6.45, 7) is 0.569. The van der Waals surface area contributed by atoms with Crippen molar-refractivity contribution in [2.24, 2.45) is 0 Å². The molecule has 3 heteroatoms. The van der Waals surface area contributed by atoms with E-state index in [1.54, 1.807) is 0 Å². The molecule has 1 atom stereocenters. The van der Waals surface area contributed by atoms with Crippen LogP contribution in [0.5, 0.6) is 11.5 Å². The molecule has 0 bridgehead atoms. The lowest BCUT2D eigenvalue weighted by molar-refractivity contribution is -0.0262. The Balaban J connectivity index is 1.63. The van der Waals surface area contributed by atoms with E-state index < -0.39 is 6.29 Å². The van der Waals surface area contributed by atoms with E-state index in [9.17, 15) is 5.11 Å². The lowest BCUT2D eigenvalue weighted by atomic mass is 10.3. The van der Waals surface area contributed by atoms with Gasteiger partial charge in [0.15, 0.2) is 6.29 Å². The predicted molar refractivity (Wildman–Crippen MR) is 74.2 cm³/mol. The van der Waals surface area contributed by atoms with Gasteiger partial charge in [0.1, 0.15) is 11.5 Å². The van der Waals surface area contributed by atoms with Gasteiger partial charge < -0.3 is 14.6 Å². The van der Waals surface area contributed by atoms with Crippen LogP contribution >= 0.6 is 0 Å². The summed E-state index contributed by atoms with van der Waals surface area (Å²) < 4.78 is 10.9. The molecule has 0 heterocycles. The summed E-state index contributed by atoms with van der Waals surface area (Å²) in [5, 5.41) is 9.72. The van der Waals surface area contributed by atoms with Crippen molar-refractivity contribution in [1.29, 1.82) is 0 Å². The summed E-state index contributed by atoms with van der Waals surface area (Å²) >= 11 is 0. The Kier molecular flexibility index (Phi) is 5.26. The van der Waals surface area contributed by atoms with Crippen LogP contribution in [-0.2, 0) is 0 Å². The van der Waals surface area contributed by atoms with Gasteiger partial charge in [0.25, 0.3) is 0 Å². The third-order valence-electron chi connectivity index (χ3n) is 2.62. The number of benzene rings is 2. The molecule has 0 fully saturated rings. The molecular formula is C16H18O3. The Morgan fingerprint density at radius 1 is 0.842 bits per heavy atom. The number of hydrogen-bond donors (Lipinski definition) is 1. The first kappa shape index (κ1) is 13.4. The molecule has 0 aliphatic rings. The quantitative estimate of drug-likeness (QED) is 0.612. The van der Waals surface area contributed by atoms with Gasteiger partial charge in [0.2, 0.25) is 0 Å². The molecule has 0 amide bonds. The van der Waals surface area contributed by atoms with Crippen molar-refractivity contribution in [2.75, 3.05) is 6.61 Å². The molecule has 2 aromatic rings. The van der Waals surface area contributed by atoms with Crippen molar-refractivity contribution in [2.45, 2.75) is 19.1 Å². The van der Waals surface area contributed by atoms with Gasteiger partial charge >= 0.3 is 0 Å². The van der Waals surface area contributed by atoms with Crippen molar-refractivity contribution in [3.63, 3.8) is 0 Å². The average Bonchev–Trinajstić information content (AvgIpc) is 2.46. The molecule has 0 saturated carbocycles. The highest BCUT2D eigenvalue weighted by Gasteiger charge is 2.05. The van der Waals surface area contributed by atoms with Gasteiger partial charge in [-0.05, 0) is 30.7 Å². The summed E-state index contributed by atoms with van der Waals surface area (Å²) in [5.74, 6) is 1.53. The van der Waals surface area contributed by atoms with Crippen molar-refractivity contribution in [3.8, 4) is 11.5 Å². The fourth-order valence-corrected chi connectivity index (χ4v) is 1.68. The van der Waals surface area contributed by atoms with E-state index in [0.717, 1.165) is 12.2 Å². The van der Waals surface area contributed by atoms with E-state index in [4.69, 9.17) is 9.47 Å². The summed E-state index contributed by atoms with van der Waals surface area (Å²) in [6, 6.07) is 18.9. The number of hydrogen-bond acceptors (Lipinski definition) is 3. The second-order valence-electron chi connectivity index (χ2n) is 4.19. The Bertz CT molecular complexity index is 456.